The molecule has 0 radical (unpaired) electrons. The van der Waals surface area contributed by atoms with Crippen molar-refractivity contribution >= 4 is 49.8 Å². The highest BCUT2D eigenvalue weighted by Crippen LogP contribution is 2.42. The standard InChI is InChI=1S/C58H39NO/c1-3-13-41(14-4-1)52-38-31-46(39-55(52)43-15-5-2-6-16-43)40-25-32-47(33-26-40)59(48-34-27-44(28-35-48)51-21-11-18-42-17-7-8-19-50(42)51)49-36-29-45(30-37-49)53-22-12-24-57-58(53)54-20-9-10-23-56(54)60-57/h1-39H. The van der Waals surface area contributed by atoms with E-state index < -0.39 is 0 Å². The summed E-state index contributed by atoms with van der Waals surface area (Å²) in [5.41, 5.74) is 17.0. The predicted molar refractivity (Wildman–Crippen MR) is 253 cm³/mol. The van der Waals surface area contributed by atoms with Gasteiger partial charge in [0.1, 0.15) is 11.2 Å². The van der Waals surface area contributed by atoms with E-state index in [-0.39, 0.29) is 0 Å². The average molecular weight is 766 g/mol. The van der Waals surface area contributed by atoms with E-state index in [0.29, 0.717) is 0 Å². The van der Waals surface area contributed by atoms with E-state index in [1.54, 1.807) is 0 Å². The molecule has 11 aromatic rings. The van der Waals surface area contributed by atoms with E-state index in [0.717, 1.165) is 55.7 Å². The highest BCUT2D eigenvalue weighted by molar-refractivity contribution is 6.12. The zero-order chi connectivity index (χ0) is 39.8. The summed E-state index contributed by atoms with van der Waals surface area (Å²) in [7, 11) is 0. The molecule has 0 unspecified atom stereocenters. The Kier molecular flexibility index (Phi) is 8.87. The second-order valence-corrected chi connectivity index (χ2v) is 15.3. The van der Waals surface area contributed by atoms with Crippen LogP contribution in [0.2, 0.25) is 0 Å². The molecule has 0 spiro atoms. The first-order valence-electron chi connectivity index (χ1n) is 20.5. The summed E-state index contributed by atoms with van der Waals surface area (Å²) >= 11 is 0. The van der Waals surface area contributed by atoms with Gasteiger partial charge in [-0.25, -0.2) is 0 Å². The van der Waals surface area contributed by atoms with Crippen molar-refractivity contribution in [2.24, 2.45) is 0 Å². The lowest BCUT2D eigenvalue weighted by Gasteiger charge is -2.26. The Balaban J connectivity index is 0.992. The van der Waals surface area contributed by atoms with E-state index >= 15 is 0 Å². The fraction of sp³-hybridized carbons (Fsp3) is 0. The number of anilines is 3. The third-order valence-electron chi connectivity index (χ3n) is 11.7. The number of para-hydroxylation sites is 1. The lowest BCUT2D eigenvalue weighted by atomic mass is 9.91. The summed E-state index contributed by atoms with van der Waals surface area (Å²) in [6.07, 6.45) is 0. The number of hydrogen-bond acceptors (Lipinski definition) is 2. The van der Waals surface area contributed by atoms with E-state index in [2.05, 4.69) is 229 Å². The Labute approximate surface area is 349 Å². The van der Waals surface area contributed by atoms with Crippen molar-refractivity contribution in [1.82, 2.24) is 0 Å². The molecule has 0 aliphatic heterocycles. The summed E-state index contributed by atoms with van der Waals surface area (Å²) in [4.78, 5) is 2.35. The summed E-state index contributed by atoms with van der Waals surface area (Å²) in [5, 5.41) is 4.77. The fourth-order valence-corrected chi connectivity index (χ4v) is 8.77. The minimum atomic E-state index is 0.899. The summed E-state index contributed by atoms with van der Waals surface area (Å²) in [6, 6.07) is 84.8. The van der Waals surface area contributed by atoms with E-state index in [1.165, 1.54) is 49.7 Å². The average Bonchev–Trinajstić information content (AvgIpc) is 3.72. The number of hydrogen-bond donors (Lipinski definition) is 0. The molecule has 10 aromatic carbocycles. The van der Waals surface area contributed by atoms with Gasteiger partial charge in [-0.2, -0.15) is 0 Å². The molecule has 0 aliphatic carbocycles. The number of furan rings is 1. The van der Waals surface area contributed by atoms with Gasteiger partial charge in [-0.15, -0.1) is 0 Å². The van der Waals surface area contributed by atoms with Gasteiger partial charge in [-0.3, -0.25) is 0 Å². The van der Waals surface area contributed by atoms with Crippen LogP contribution in [0.15, 0.2) is 241 Å². The van der Waals surface area contributed by atoms with Crippen LogP contribution < -0.4 is 4.90 Å². The van der Waals surface area contributed by atoms with Crippen LogP contribution in [-0.2, 0) is 0 Å². The molecule has 0 saturated carbocycles. The SMILES string of the molecule is c1ccc(-c2ccc(-c3ccc(N(c4ccc(-c5cccc6ccccc56)cc4)c4ccc(-c5cccc6oc7ccccc7c56)cc4)cc3)cc2-c2ccccc2)cc1. The monoisotopic (exact) mass is 765 g/mol. The second kappa shape index (κ2) is 15.1. The third kappa shape index (κ3) is 6.41. The molecule has 0 amide bonds. The van der Waals surface area contributed by atoms with Crippen LogP contribution in [0.3, 0.4) is 0 Å². The smallest absolute Gasteiger partial charge is 0.136 e. The first-order chi connectivity index (χ1) is 29.7. The normalized spacial score (nSPS) is 11.3. The minimum absolute atomic E-state index is 0.899. The molecular weight excluding hydrogens is 727 g/mol. The van der Waals surface area contributed by atoms with Crippen molar-refractivity contribution in [2.45, 2.75) is 0 Å². The molecule has 60 heavy (non-hydrogen) atoms. The van der Waals surface area contributed by atoms with Crippen LogP contribution in [0.4, 0.5) is 17.1 Å². The molecular formula is C58H39NO. The molecule has 2 nitrogen and oxygen atoms in total. The fourth-order valence-electron chi connectivity index (χ4n) is 8.77. The molecule has 0 fully saturated rings. The van der Waals surface area contributed by atoms with Crippen molar-refractivity contribution in [3.63, 3.8) is 0 Å². The molecule has 2 heteroatoms. The Morgan fingerprint density at radius 2 is 0.733 bits per heavy atom. The second-order valence-electron chi connectivity index (χ2n) is 15.3. The zero-order valence-corrected chi connectivity index (χ0v) is 32.9. The molecule has 0 bridgehead atoms. The maximum Gasteiger partial charge on any atom is 0.136 e. The highest BCUT2D eigenvalue weighted by Gasteiger charge is 2.17. The van der Waals surface area contributed by atoms with Crippen LogP contribution >= 0.6 is 0 Å². The minimum Gasteiger partial charge on any atom is -0.456 e. The quantitative estimate of drug-likeness (QED) is 0.153. The summed E-state index contributed by atoms with van der Waals surface area (Å²) in [6.45, 7) is 0. The molecule has 0 saturated heterocycles. The van der Waals surface area contributed by atoms with Crippen LogP contribution in [0, 0.1) is 0 Å². The molecule has 0 aliphatic rings. The Hall–Kier alpha value is -7.94. The van der Waals surface area contributed by atoms with Gasteiger partial charge in [0.25, 0.3) is 0 Å². The highest BCUT2D eigenvalue weighted by atomic mass is 16.3. The van der Waals surface area contributed by atoms with Gasteiger partial charge < -0.3 is 9.32 Å². The van der Waals surface area contributed by atoms with Crippen LogP contribution in [0.5, 0.6) is 0 Å². The number of fused-ring (bicyclic) bond motifs is 4. The molecule has 0 atom stereocenters. The van der Waals surface area contributed by atoms with Crippen LogP contribution in [0.25, 0.3) is 88.3 Å². The van der Waals surface area contributed by atoms with Crippen molar-refractivity contribution in [1.29, 1.82) is 0 Å². The van der Waals surface area contributed by atoms with E-state index in [1.807, 2.05) is 12.1 Å². The largest absolute Gasteiger partial charge is 0.456 e. The third-order valence-corrected chi connectivity index (χ3v) is 11.7. The van der Waals surface area contributed by atoms with Crippen molar-refractivity contribution in [3.8, 4) is 55.6 Å². The zero-order valence-electron chi connectivity index (χ0n) is 32.9. The van der Waals surface area contributed by atoms with Gasteiger partial charge in [0.2, 0.25) is 0 Å². The number of rotatable bonds is 8. The first kappa shape index (κ1) is 35.2. The van der Waals surface area contributed by atoms with Gasteiger partial charge in [0.15, 0.2) is 0 Å². The lowest BCUT2D eigenvalue weighted by molar-refractivity contribution is 0.669. The Bertz CT molecular complexity index is 3270. The summed E-state index contributed by atoms with van der Waals surface area (Å²) < 4.78 is 6.25. The van der Waals surface area contributed by atoms with Crippen molar-refractivity contribution < 1.29 is 4.42 Å². The topological polar surface area (TPSA) is 16.4 Å². The molecule has 11 rings (SSSR count). The van der Waals surface area contributed by atoms with Crippen molar-refractivity contribution in [2.75, 3.05) is 4.90 Å². The lowest BCUT2D eigenvalue weighted by Crippen LogP contribution is -2.09. The predicted octanol–water partition coefficient (Wildman–Crippen LogP) is 16.5. The van der Waals surface area contributed by atoms with Crippen LogP contribution in [-0.4, -0.2) is 0 Å². The van der Waals surface area contributed by atoms with Crippen LogP contribution in [0.1, 0.15) is 0 Å². The van der Waals surface area contributed by atoms with Gasteiger partial charge in [-0.1, -0.05) is 182 Å². The first-order valence-corrected chi connectivity index (χ1v) is 20.5. The molecule has 1 aromatic heterocycles. The molecule has 1 heterocycles. The van der Waals surface area contributed by atoms with Gasteiger partial charge in [-0.05, 0) is 121 Å². The van der Waals surface area contributed by atoms with E-state index in [4.69, 9.17) is 4.42 Å². The van der Waals surface area contributed by atoms with Crippen molar-refractivity contribution in [3.05, 3.63) is 237 Å². The number of benzene rings is 10. The van der Waals surface area contributed by atoms with E-state index in [9.17, 15) is 0 Å². The molecule has 282 valence electrons. The number of nitrogens with zero attached hydrogens (tertiary/aromatic N) is 1. The van der Waals surface area contributed by atoms with Gasteiger partial charge in [0, 0.05) is 27.8 Å². The summed E-state index contributed by atoms with van der Waals surface area (Å²) in [5.74, 6) is 0. The van der Waals surface area contributed by atoms with Gasteiger partial charge >= 0.3 is 0 Å². The Morgan fingerprint density at radius 1 is 0.267 bits per heavy atom. The Morgan fingerprint density at radius 3 is 1.42 bits per heavy atom. The maximum absolute atomic E-state index is 6.25. The van der Waals surface area contributed by atoms with Gasteiger partial charge in [0.05, 0.1) is 0 Å². The maximum atomic E-state index is 6.25. The molecule has 0 N–H and O–H groups in total.